The Kier molecular flexibility index (Phi) is 3.29. The largest absolute Gasteiger partial charge is 0.342 e. The second-order valence-corrected chi connectivity index (χ2v) is 7.22. The van der Waals surface area contributed by atoms with Crippen molar-refractivity contribution < 1.29 is 0 Å². The van der Waals surface area contributed by atoms with Crippen LogP contribution in [-0.4, -0.2) is 9.97 Å². The van der Waals surface area contributed by atoms with Gasteiger partial charge in [0.2, 0.25) is 0 Å². The van der Waals surface area contributed by atoms with Gasteiger partial charge in [-0.1, -0.05) is 65.8 Å². The van der Waals surface area contributed by atoms with E-state index in [-0.39, 0.29) is 10.8 Å². The van der Waals surface area contributed by atoms with Crippen LogP contribution in [0.3, 0.4) is 0 Å². The van der Waals surface area contributed by atoms with Crippen molar-refractivity contribution in [1.29, 1.82) is 0 Å². The van der Waals surface area contributed by atoms with Gasteiger partial charge in [0.05, 0.1) is 11.9 Å². The molecule has 0 saturated carbocycles. The van der Waals surface area contributed by atoms with Crippen LogP contribution in [0.15, 0.2) is 30.5 Å². The zero-order valence-corrected chi connectivity index (χ0v) is 12.8. The lowest BCUT2D eigenvalue weighted by Crippen LogP contribution is -2.13. The Morgan fingerprint density at radius 1 is 0.842 bits per heavy atom. The minimum absolute atomic E-state index is 0.0591. The summed E-state index contributed by atoms with van der Waals surface area (Å²) in [5, 5.41) is 0. The van der Waals surface area contributed by atoms with E-state index in [9.17, 15) is 0 Å². The van der Waals surface area contributed by atoms with E-state index in [0.717, 1.165) is 11.5 Å². The summed E-state index contributed by atoms with van der Waals surface area (Å²) in [5.41, 5.74) is 3.89. The van der Waals surface area contributed by atoms with Gasteiger partial charge in [-0.2, -0.15) is 0 Å². The minimum Gasteiger partial charge on any atom is -0.342 e. The molecule has 0 atom stereocenters. The van der Waals surface area contributed by atoms with Crippen LogP contribution in [-0.2, 0) is 10.8 Å². The molecule has 0 bridgehead atoms. The fourth-order valence-electron chi connectivity index (χ4n) is 2.00. The molecule has 2 rings (SSSR count). The average Bonchev–Trinajstić information content (AvgIpc) is 2.77. The Bertz CT molecular complexity index is 548. The van der Waals surface area contributed by atoms with E-state index in [0.29, 0.717) is 0 Å². The van der Waals surface area contributed by atoms with E-state index in [1.165, 1.54) is 11.1 Å². The van der Waals surface area contributed by atoms with Gasteiger partial charge in [-0.3, -0.25) is 0 Å². The fourth-order valence-corrected chi connectivity index (χ4v) is 2.00. The van der Waals surface area contributed by atoms with Crippen LogP contribution in [0.2, 0.25) is 0 Å². The smallest absolute Gasteiger partial charge is 0.111 e. The van der Waals surface area contributed by atoms with Crippen LogP contribution in [0.5, 0.6) is 0 Å². The van der Waals surface area contributed by atoms with Crippen LogP contribution in [0, 0.1) is 0 Å². The number of nitrogens with one attached hydrogen (secondary N) is 1. The molecule has 0 aliphatic heterocycles. The number of rotatable bonds is 1. The second-order valence-electron chi connectivity index (χ2n) is 7.22. The van der Waals surface area contributed by atoms with Gasteiger partial charge in [-0.25, -0.2) is 4.98 Å². The highest BCUT2D eigenvalue weighted by molar-refractivity contribution is 5.59. The Balaban J connectivity index is 2.31. The Labute approximate surface area is 116 Å². The van der Waals surface area contributed by atoms with E-state index in [1.807, 2.05) is 6.20 Å². The third-order valence-electron chi connectivity index (χ3n) is 3.35. The van der Waals surface area contributed by atoms with Crippen LogP contribution in [0.25, 0.3) is 11.3 Å². The van der Waals surface area contributed by atoms with Gasteiger partial charge in [0.1, 0.15) is 5.82 Å². The second kappa shape index (κ2) is 4.52. The lowest BCUT2D eigenvalue weighted by Gasteiger charge is -2.19. The summed E-state index contributed by atoms with van der Waals surface area (Å²) in [6, 6.07) is 8.74. The first-order valence-electron chi connectivity index (χ1n) is 6.84. The molecule has 1 N–H and O–H groups in total. The molecule has 0 fully saturated rings. The highest BCUT2D eigenvalue weighted by atomic mass is 14.9. The maximum absolute atomic E-state index is 4.48. The number of imidazole rings is 1. The molecule has 2 nitrogen and oxygen atoms in total. The minimum atomic E-state index is 0.0591. The number of benzene rings is 1. The van der Waals surface area contributed by atoms with Gasteiger partial charge in [0.25, 0.3) is 0 Å². The van der Waals surface area contributed by atoms with Crippen molar-refractivity contribution in [2.24, 2.45) is 0 Å². The van der Waals surface area contributed by atoms with E-state index in [4.69, 9.17) is 0 Å². The zero-order valence-electron chi connectivity index (χ0n) is 12.8. The molecule has 0 unspecified atom stereocenters. The molecular formula is C17H24N2. The van der Waals surface area contributed by atoms with Crippen molar-refractivity contribution in [3.05, 3.63) is 41.9 Å². The fraction of sp³-hybridized carbons (Fsp3) is 0.471. The molecule has 2 heteroatoms. The Morgan fingerprint density at radius 2 is 1.42 bits per heavy atom. The number of hydrogen-bond acceptors (Lipinski definition) is 1. The maximum atomic E-state index is 4.48. The summed E-state index contributed by atoms with van der Waals surface area (Å²) in [6.07, 6.45) is 1.92. The SMILES string of the molecule is CC(C)(C)c1ccc(-c2cnc(C(C)(C)C)[nH]2)cc1. The first kappa shape index (κ1) is 13.9. The summed E-state index contributed by atoms with van der Waals surface area (Å²) in [4.78, 5) is 7.90. The summed E-state index contributed by atoms with van der Waals surface area (Å²) >= 11 is 0. The normalized spacial score (nSPS) is 12.7. The number of H-pyrrole nitrogens is 1. The van der Waals surface area contributed by atoms with Gasteiger partial charge in [0, 0.05) is 5.41 Å². The molecule has 0 saturated heterocycles. The van der Waals surface area contributed by atoms with Crippen LogP contribution < -0.4 is 0 Å². The van der Waals surface area contributed by atoms with Crippen LogP contribution >= 0.6 is 0 Å². The van der Waals surface area contributed by atoms with Crippen molar-refractivity contribution in [3.8, 4) is 11.3 Å². The highest BCUT2D eigenvalue weighted by Gasteiger charge is 2.18. The predicted octanol–water partition coefficient (Wildman–Crippen LogP) is 4.67. The molecule has 0 amide bonds. The van der Waals surface area contributed by atoms with Crippen molar-refractivity contribution >= 4 is 0 Å². The summed E-state index contributed by atoms with van der Waals surface area (Å²) in [6.45, 7) is 13.2. The van der Waals surface area contributed by atoms with Gasteiger partial charge in [0.15, 0.2) is 0 Å². The topological polar surface area (TPSA) is 28.7 Å². The lowest BCUT2D eigenvalue weighted by molar-refractivity contribution is 0.553. The Hall–Kier alpha value is -1.57. The third kappa shape index (κ3) is 3.06. The summed E-state index contributed by atoms with van der Waals surface area (Å²) < 4.78 is 0. The van der Waals surface area contributed by atoms with Crippen molar-refractivity contribution in [2.75, 3.05) is 0 Å². The average molecular weight is 256 g/mol. The van der Waals surface area contributed by atoms with E-state index in [2.05, 4.69) is 75.8 Å². The van der Waals surface area contributed by atoms with E-state index >= 15 is 0 Å². The van der Waals surface area contributed by atoms with Crippen LogP contribution in [0.4, 0.5) is 0 Å². The van der Waals surface area contributed by atoms with Crippen molar-refractivity contribution in [3.63, 3.8) is 0 Å². The molecule has 102 valence electrons. The number of aromatic amines is 1. The number of nitrogens with zero attached hydrogens (tertiary/aromatic N) is 1. The first-order chi connectivity index (χ1) is 8.68. The van der Waals surface area contributed by atoms with Gasteiger partial charge in [-0.15, -0.1) is 0 Å². The van der Waals surface area contributed by atoms with Crippen molar-refractivity contribution in [2.45, 2.75) is 52.4 Å². The van der Waals surface area contributed by atoms with Crippen molar-refractivity contribution in [1.82, 2.24) is 9.97 Å². The van der Waals surface area contributed by atoms with Crippen LogP contribution in [0.1, 0.15) is 52.9 Å². The molecular weight excluding hydrogens is 232 g/mol. The monoisotopic (exact) mass is 256 g/mol. The molecule has 1 aromatic heterocycles. The molecule has 0 radical (unpaired) electrons. The first-order valence-corrected chi connectivity index (χ1v) is 6.84. The zero-order chi connectivity index (χ0) is 14.3. The van der Waals surface area contributed by atoms with E-state index < -0.39 is 0 Å². The van der Waals surface area contributed by atoms with Gasteiger partial charge in [-0.05, 0) is 16.5 Å². The Morgan fingerprint density at radius 3 is 1.84 bits per heavy atom. The van der Waals surface area contributed by atoms with E-state index in [1.54, 1.807) is 0 Å². The maximum Gasteiger partial charge on any atom is 0.111 e. The quantitative estimate of drug-likeness (QED) is 0.789. The molecule has 0 spiro atoms. The molecule has 19 heavy (non-hydrogen) atoms. The summed E-state index contributed by atoms with van der Waals surface area (Å²) in [7, 11) is 0. The molecule has 1 heterocycles. The molecule has 0 aliphatic rings. The highest BCUT2D eigenvalue weighted by Crippen LogP contribution is 2.27. The standard InChI is InChI=1S/C17H24N2/c1-16(2,3)13-9-7-12(8-10-13)14-11-18-15(19-14)17(4,5)6/h7-11H,1-6H3,(H,18,19). The summed E-state index contributed by atoms with van der Waals surface area (Å²) in [5.74, 6) is 1.03. The predicted molar refractivity (Wildman–Crippen MR) is 81.4 cm³/mol. The number of hydrogen-bond donors (Lipinski definition) is 1. The third-order valence-corrected chi connectivity index (χ3v) is 3.35. The lowest BCUT2D eigenvalue weighted by atomic mass is 9.86. The van der Waals surface area contributed by atoms with Gasteiger partial charge < -0.3 is 4.98 Å². The molecule has 0 aliphatic carbocycles. The molecule has 1 aromatic carbocycles. The van der Waals surface area contributed by atoms with Gasteiger partial charge >= 0.3 is 0 Å². The molecule has 2 aromatic rings. The number of aromatic nitrogens is 2.